The van der Waals surface area contributed by atoms with E-state index in [1.807, 2.05) is 6.20 Å². The molecule has 3 nitrogen and oxygen atoms in total. The quantitative estimate of drug-likeness (QED) is 0.746. The summed E-state index contributed by atoms with van der Waals surface area (Å²) < 4.78 is 0. The van der Waals surface area contributed by atoms with Crippen LogP contribution < -0.4 is 0 Å². The van der Waals surface area contributed by atoms with E-state index >= 15 is 0 Å². The average molecular weight is 207 g/mol. The molecule has 2 heterocycles. The second-order valence-corrected chi connectivity index (χ2v) is 4.45. The van der Waals surface area contributed by atoms with E-state index in [0.717, 1.165) is 18.0 Å². The lowest BCUT2D eigenvalue weighted by molar-refractivity contribution is 0.198. The zero-order chi connectivity index (χ0) is 9.80. The molecule has 4 heteroatoms. The lowest BCUT2D eigenvalue weighted by atomic mass is 10.1. The van der Waals surface area contributed by atoms with Gasteiger partial charge in [-0.05, 0) is 25.9 Å². The molecule has 1 aliphatic rings. The number of likely N-dealkylation sites (tertiary alicyclic amines) is 1. The number of hydrogen-bond donors (Lipinski definition) is 0. The Balaban J connectivity index is 2.09. The van der Waals surface area contributed by atoms with Crippen LogP contribution in [-0.4, -0.2) is 23.0 Å². The zero-order valence-electron chi connectivity index (χ0n) is 8.02. The first-order chi connectivity index (χ1) is 6.92. The number of hydrogen-bond acceptors (Lipinski definition) is 4. The monoisotopic (exact) mass is 207 g/mol. The fraction of sp³-hybridized carbons (Fsp3) is 0.600. The maximum atomic E-state index is 9.14. The lowest BCUT2D eigenvalue weighted by Gasteiger charge is -2.29. The van der Waals surface area contributed by atoms with E-state index < -0.39 is 0 Å². The number of thiazole rings is 1. The Labute approximate surface area is 88.0 Å². The molecule has 0 aromatic carbocycles. The highest BCUT2D eigenvalue weighted by atomic mass is 32.1. The standard InChI is InChI=1S/C10H13N3S/c11-6-9(10-7-12-8-14-10)13-4-2-1-3-5-13/h7-9H,1-5H2. The molecule has 0 bridgehead atoms. The third-order valence-corrected chi connectivity index (χ3v) is 3.43. The molecule has 1 unspecified atom stereocenters. The molecule has 0 aliphatic carbocycles. The Kier molecular flexibility index (Phi) is 3.12. The second kappa shape index (κ2) is 4.54. The molecular weight excluding hydrogens is 194 g/mol. The molecule has 1 saturated heterocycles. The van der Waals surface area contributed by atoms with E-state index in [1.54, 1.807) is 16.8 Å². The third-order valence-electron chi connectivity index (χ3n) is 2.60. The Morgan fingerprint density at radius 3 is 2.79 bits per heavy atom. The van der Waals surface area contributed by atoms with Gasteiger partial charge in [-0.15, -0.1) is 11.3 Å². The first-order valence-electron chi connectivity index (χ1n) is 4.94. The van der Waals surface area contributed by atoms with Gasteiger partial charge in [0.2, 0.25) is 0 Å². The molecule has 0 amide bonds. The van der Waals surface area contributed by atoms with Gasteiger partial charge in [0.05, 0.1) is 16.5 Å². The fourth-order valence-electron chi connectivity index (χ4n) is 1.86. The summed E-state index contributed by atoms with van der Waals surface area (Å²) >= 11 is 1.57. The highest BCUT2D eigenvalue weighted by molar-refractivity contribution is 7.09. The summed E-state index contributed by atoms with van der Waals surface area (Å²) in [6, 6.07) is 2.30. The van der Waals surface area contributed by atoms with Crippen molar-refractivity contribution in [2.75, 3.05) is 13.1 Å². The molecule has 74 valence electrons. The Bertz CT molecular complexity index is 309. The van der Waals surface area contributed by atoms with Crippen LogP contribution >= 0.6 is 11.3 Å². The van der Waals surface area contributed by atoms with Crippen LogP contribution in [0, 0.1) is 11.3 Å². The van der Waals surface area contributed by atoms with Crippen LogP contribution in [0.1, 0.15) is 30.2 Å². The topological polar surface area (TPSA) is 39.9 Å². The van der Waals surface area contributed by atoms with Crippen molar-refractivity contribution in [2.45, 2.75) is 25.3 Å². The smallest absolute Gasteiger partial charge is 0.134 e. The molecule has 2 rings (SSSR count). The van der Waals surface area contributed by atoms with Crippen LogP contribution in [0.5, 0.6) is 0 Å². The minimum absolute atomic E-state index is 0.0669. The van der Waals surface area contributed by atoms with E-state index in [4.69, 9.17) is 5.26 Å². The number of nitriles is 1. The van der Waals surface area contributed by atoms with Gasteiger partial charge in [0.25, 0.3) is 0 Å². The zero-order valence-corrected chi connectivity index (χ0v) is 8.83. The van der Waals surface area contributed by atoms with Crippen molar-refractivity contribution in [3.05, 3.63) is 16.6 Å². The average Bonchev–Trinajstić information content (AvgIpc) is 2.74. The predicted octanol–water partition coefficient (Wildman–Crippen LogP) is 2.19. The number of aromatic nitrogens is 1. The van der Waals surface area contributed by atoms with Crippen molar-refractivity contribution >= 4 is 11.3 Å². The van der Waals surface area contributed by atoms with Crippen molar-refractivity contribution in [3.63, 3.8) is 0 Å². The van der Waals surface area contributed by atoms with Gasteiger partial charge in [0.1, 0.15) is 6.04 Å². The Morgan fingerprint density at radius 2 is 2.21 bits per heavy atom. The van der Waals surface area contributed by atoms with Crippen LogP contribution in [0.15, 0.2) is 11.7 Å². The molecule has 1 fully saturated rings. The van der Waals surface area contributed by atoms with E-state index in [9.17, 15) is 0 Å². The lowest BCUT2D eigenvalue weighted by Crippen LogP contribution is -2.32. The van der Waals surface area contributed by atoms with Crippen LogP contribution in [0.4, 0.5) is 0 Å². The molecule has 1 aromatic heterocycles. The van der Waals surface area contributed by atoms with Crippen molar-refractivity contribution < 1.29 is 0 Å². The van der Waals surface area contributed by atoms with E-state index in [1.165, 1.54) is 19.3 Å². The first kappa shape index (κ1) is 9.63. The van der Waals surface area contributed by atoms with Crippen molar-refractivity contribution in [2.24, 2.45) is 0 Å². The molecule has 14 heavy (non-hydrogen) atoms. The molecule has 1 atom stereocenters. The highest BCUT2D eigenvalue weighted by Crippen LogP contribution is 2.25. The molecule has 0 radical (unpaired) electrons. The van der Waals surface area contributed by atoms with Crippen molar-refractivity contribution in [3.8, 4) is 6.07 Å². The molecule has 0 spiro atoms. The second-order valence-electron chi connectivity index (χ2n) is 3.53. The van der Waals surface area contributed by atoms with E-state index in [-0.39, 0.29) is 6.04 Å². The highest BCUT2D eigenvalue weighted by Gasteiger charge is 2.22. The van der Waals surface area contributed by atoms with E-state index in [0.29, 0.717) is 0 Å². The maximum Gasteiger partial charge on any atom is 0.134 e. The third kappa shape index (κ3) is 1.94. The molecule has 0 saturated carbocycles. The molecule has 1 aliphatic heterocycles. The van der Waals surface area contributed by atoms with Gasteiger partial charge < -0.3 is 0 Å². The van der Waals surface area contributed by atoms with Gasteiger partial charge in [-0.2, -0.15) is 5.26 Å². The number of rotatable bonds is 2. The molecule has 0 N–H and O–H groups in total. The van der Waals surface area contributed by atoms with E-state index in [2.05, 4.69) is 16.0 Å². The van der Waals surface area contributed by atoms with Crippen molar-refractivity contribution in [1.29, 1.82) is 5.26 Å². The number of nitrogens with zero attached hydrogens (tertiary/aromatic N) is 3. The van der Waals surface area contributed by atoms with Crippen LogP contribution in [0.3, 0.4) is 0 Å². The summed E-state index contributed by atoms with van der Waals surface area (Å²) in [6.45, 7) is 2.10. The summed E-state index contributed by atoms with van der Waals surface area (Å²) in [5.41, 5.74) is 1.80. The van der Waals surface area contributed by atoms with Gasteiger partial charge in [-0.25, -0.2) is 0 Å². The van der Waals surface area contributed by atoms with Gasteiger partial charge in [0, 0.05) is 6.20 Å². The summed E-state index contributed by atoms with van der Waals surface area (Å²) in [5.74, 6) is 0. The van der Waals surface area contributed by atoms with Crippen LogP contribution in [-0.2, 0) is 0 Å². The number of piperidine rings is 1. The largest absolute Gasteiger partial charge is 0.284 e. The molecular formula is C10H13N3S. The van der Waals surface area contributed by atoms with Gasteiger partial charge in [-0.1, -0.05) is 6.42 Å². The van der Waals surface area contributed by atoms with Crippen molar-refractivity contribution in [1.82, 2.24) is 9.88 Å². The minimum atomic E-state index is -0.0669. The maximum absolute atomic E-state index is 9.14. The Hall–Kier alpha value is -0.920. The van der Waals surface area contributed by atoms with Gasteiger partial charge in [0.15, 0.2) is 0 Å². The molecule has 1 aromatic rings. The normalized spacial score (nSPS) is 20.2. The summed E-state index contributed by atoms with van der Waals surface area (Å²) in [5, 5.41) is 9.14. The summed E-state index contributed by atoms with van der Waals surface area (Å²) in [4.78, 5) is 7.37. The van der Waals surface area contributed by atoms with Crippen LogP contribution in [0.25, 0.3) is 0 Å². The van der Waals surface area contributed by atoms with Crippen LogP contribution in [0.2, 0.25) is 0 Å². The predicted molar refractivity (Wildman–Crippen MR) is 55.9 cm³/mol. The Morgan fingerprint density at radius 1 is 1.43 bits per heavy atom. The summed E-state index contributed by atoms with van der Waals surface area (Å²) in [6.07, 6.45) is 5.55. The minimum Gasteiger partial charge on any atom is -0.284 e. The summed E-state index contributed by atoms with van der Waals surface area (Å²) in [7, 11) is 0. The van der Waals surface area contributed by atoms with Gasteiger partial charge >= 0.3 is 0 Å². The van der Waals surface area contributed by atoms with Gasteiger partial charge in [-0.3, -0.25) is 9.88 Å². The first-order valence-corrected chi connectivity index (χ1v) is 5.82. The fourth-order valence-corrected chi connectivity index (χ4v) is 2.56. The SMILES string of the molecule is N#CC(c1cncs1)N1CCCCC1.